The second-order valence-electron chi connectivity index (χ2n) is 10.1. The Morgan fingerprint density at radius 2 is 1.30 bits per heavy atom. The highest BCUT2D eigenvalue weighted by Crippen LogP contribution is 2.09. The van der Waals surface area contributed by atoms with Crippen molar-refractivity contribution in [2.75, 3.05) is 0 Å². The third-order valence-electron chi connectivity index (χ3n) is 5.61. The third kappa shape index (κ3) is 12.4. The van der Waals surface area contributed by atoms with Crippen molar-refractivity contribution in [2.45, 2.75) is 84.0 Å². The number of nitrogens with two attached hydrogens (primary N) is 2. The molecule has 11 heteroatoms. The molecule has 0 aromatic heterocycles. The second kappa shape index (κ2) is 15.6. The van der Waals surface area contributed by atoms with Gasteiger partial charge in [-0.15, -0.1) is 0 Å². The second-order valence-corrected chi connectivity index (χ2v) is 10.1. The van der Waals surface area contributed by atoms with Gasteiger partial charge in [0.2, 0.25) is 23.6 Å². The molecule has 1 aromatic carbocycles. The van der Waals surface area contributed by atoms with Gasteiger partial charge in [0.15, 0.2) is 0 Å². The molecular formula is C26H41N5O6. The lowest BCUT2D eigenvalue weighted by atomic mass is 10.0. The number of carboxylic acids is 1. The third-order valence-corrected chi connectivity index (χ3v) is 5.61. The van der Waals surface area contributed by atoms with Gasteiger partial charge in [0.1, 0.15) is 18.1 Å². The lowest BCUT2D eigenvalue weighted by molar-refractivity contribution is -0.142. The minimum absolute atomic E-state index is 0.00649. The Morgan fingerprint density at radius 1 is 0.784 bits per heavy atom. The highest BCUT2D eigenvalue weighted by Gasteiger charge is 2.31. The van der Waals surface area contributed by atoms with Gasteiger partial charge in [-0.3, -0.25) is 19.2 Å². The first-order valence-corrected chi connectivity index (χ1v) is 12.5. The Labute approximate surface area is 218 Å². The molecule has 206 valence electrons. The number of rotatable bonds is 16. The maximum absolute atomic E-state index is 13.2. The van der Waals surface area contributed by atoms with Crippen molar-refractivity contribution >= 4 is 29.6 Å². The van der Waals surface area contributed by atoms with Crippen molar-refractivity contribution in [3.05, 3.63) is 35.9 Å². The van der Waals surface area contributed by atoms with Crippen LogP contribution in [0.4, 0.5) is 0 Å². The molecule has 0 spiro atoms. The van der Waals surface area contributed by atoms with Crippen molar-refractivity contribution in [3.63, 3.8) is 0 Å². The average molecular weight is 520 g/mol. The van der Waals surface area contributed by atoms with Crippen LogP contribution in [0.5, 0.6) is 0 Å². The molecule has 4 unspecified atom stereocenters. The molecule has 0 fully saturated rings. The molecule has 11 nitrogen and oxygen atoms in total. The number of hydrogen-bond donors (Lipinski definition) is 6. The summed E-state index contributed by atoms with van der Waals surface area (Å²) < 4.78 is 0. The van der Waals surface area contributed by atoms with Crippen LogP contribution >= 0.6 is 0 Å². The first-order valence-electron chi connectivity index (χ1n) is 12.5. The molecule has 0 saturated heterocycles. The zero-order valence-corrected chi connectivity index (χ0v) is 22.0. The number of carboxylic acid groups (broad SMARTS) is 1. The van der Waals surface area contributed by atoms with Crippen LogP contribution < -0.4 is 27.4 Å². The van der Waals surface area contributed by atoms with E-state index in [0.29, 0.717) is 6.42 Å². The lowest BCUT2D eigenvalue weighted by Gasteiger charge is -2.26. The highest BCUT2D eigenvalue weighted by atomic mass is 16.4. The van der Waals surface area contributed by atoms with E-state index >= 15 is 0 Å². The van der Waals surface area contributed by atoms with E-state index in [-0.39, 0.29) is 37.5 Å². The van der Waals surface area contributed by atoms with E-state index in [0.717, 1.165) is 5.56 Å². The molecule has 0 heterocycles. The fourth-order valence-corrected chi connectivity index (χ4v) is 3.75. The van der Waals surface area contributed by atoms with Gasteiger partial charge in [-0.05, 0) is 36.7 Å². The lowest BCUT2D eigenvalue weighted by Crippen LogP contribution is -2.57. The number of nitrogens with one attached hydrogen (secondary N) is 3. The zero-order chi connectivity index (χ0) is 28.1. The Kier molecular flexibility index (Phi) is 13.3. The summed E-state index contributed by atoms with van der Waals surface area (Å²) in [6, 6.07) is 4.58. The topological polar surface area (TPSA) is 194 Å². The molecular weight excluding hydrogens is 478 g/mol. The summed E-state index contributed by atoms with van der Waals surface area (Å²) in [4.78, 5) is 62.0. The molecule has 37 heavy (non-hydrogen) atoms. The van der Waals surface area contributed by atoms with Crippen LogP contribution in [-0.4, -0.2) is 58.9 Å². The van der Waals surface area contributed by atoms with Crippen molar-refractivity contribution in [1.29, 1.82) is 0 Å². The number of carbonyl (C=O) groups is 5. The largest absolute Gasteiger partial charge is 0.480 e. The Bertz CT molecular complexity index is 921. The van der Waals surface area contributed by atoms with Gasteiger partial charge >= 0.3 is 5.97 Å². The normalized spacial score (nSPS) is 14.4. The van der Waals surface area contributed by atoms with Crippen LogP contribution in [-0.2, 0) is 30.4 Å². The summed E-state index contributed by atoms with van der Waals surface area (Å²) in [5, 5.41) is 17.2. The monoisotopic (exact) mass is 519 g/mol. The Hall–Kier alpha value is -3.47. The number of aliphatic carboxylic acids is 1. The summed E-state index contributed by atoms with van der Waals surface area (Å²) in [7, 11) is 0. The smallest absolute Gasteiger partial charge is 0.326 e. The van der Waals surface area contributed by atoms with E-state index in [9.17, 15) is 29.1 Å². The van der Waals surface area contributed by atoms with Crippen LogP contribution in [0.1, 0.15) is 58.9 Å². The van der Waals surface area contributed by atoms with Crippen molar-refractivity contribution in [3.8, 4) is 0 Å². The average Bonchev–Trinajstić information content (AvgIpc) is 2.80. The quantitative estimate of drug-likeness (QED) is 0.182. The summed E-state index contributed by atoms with van der Waals surface area (Å²) in [5.41, 5.74) is 11.9. The standard InChI is InChI=1S/C26H41N5O6/c1-15(2)12-18(27)23(33)29-19(10-11-22(28)32)24(34)30-20(14-17-8-6-5-7-9-17)25(35)31-21(26(36)37)13-16(3)4/h5-9,15-16,18-21H,10-14,27H2,1-4H3,(H2,28,32)(H,29,33)(H,30,34)(H,31,35)(H,36,37). The maximum Gasteiger partial charge on any atom is 0.326 e. The van der Waals surface area contributed by atoms with E-state index in [1.165, 1.54) is 0 Å². The first kappa shape index (κ1) is 31.6. The van der Waals surface area contributed by atoms with Gasteiger partial charge in [0.25, 0.3) is 0 Å². The van der Waals surface area contributed by atoms with E-state index in [1.807, 2.05) is 27.7 Å². The molecule has 0 radical (unpaired) electrons. The van der Waals surface area contributed by atoms with Crippen molar-refractivity contribution in [1.82, 2.24) is 16.0 Å². The van der Waals surface area contributed by atoms with Crippen LogP contribution in [0, 0.1) is 11.8 Å². The van der Waals surface area contributed by atoms with Gasteiger partial charge in [-0.1, -0.05) is 58.0 Å². The number of amides is 4. The van der Waals surface area contributed by atoms with Gasteiger partial charge in [0, 0.05) is 12.8 Å². The minimum atomic E-state index is -1.18. The molecule has 0 aliphatic carbocycles. The van der Waals surface area contributed by atoms with Crippen LogP contribution in [0.2, 0.25) is 0 Å². The molecule has 0 aliphatic heterocycles. The summed E-state index contributed by atoms with van der Waals surface area (Å²) in [6.07, 6.45) is 0.407. The fourth-order valence-electron chi connectivity index (χ4n) is 3.75. The SMILES string of the molecule is CC(C)CC(N)C(=O)NC(CCC(N)=O)C(=O)NC(Cc1ccccc1)C(=O)NC(CC(C)C)C(=O)O. The van der Waals surface area contributed by atoms with Crippen molar-refractivity contribution < 1.29 is 29.1 Å². The molecule has 1 aromatic rings. The zero-order valence-electron chi connectivity index (χ0n) is 22.0. The van der Waals surface area contributed by atoms with Gasteiger partial charge in [0.05, 0.1) is 6.04 Å². The molecule has 0 saturated carbocycles. The van der Waals surface area contributed by atoms with E-state index in [4.69, 9.17) is 11.5 Å². The number of primary amides is 1. The number of benzene rings is 1. The molecule has 8 N–H and O–H groups in total. The van der Waals surface area contributed by atoms with Gasteiger partial charge in [-0.25, -0.2) is 4.79 Å². The molecule has 1 rings (SSSR count). The highest BCUT2D eigenvalue weighted by molar-refractivity contribution is 5.94. The maximum atomic E-state index is 13.2. The van der Waals surface area contributed by atoms with Gasteiger partial charge in [-0.2, -0.15) is 0 Å². The number of carbonyl (C=O) groups excluding carboxylic acids is 4. The van der Waals surface area contributed by atoms with E-state index in [1.54, 1.807) is 30.3 Å². The molecule has 0 bridgehead atoms. The van der Waals surface area contributed by atoms with E-state index < -0.39 is 53.8 Å². The van der Waals surface area contributed by atoms with Crippen LogP contribution in [0.3, 0.4) is 0 Å². The first-order chi connectivity index (χ1) is 17.3. The Balaban J connectivity index is 3.14. The fraction of sp³-hybridized carbons (Fsp3) is 0.577. The van der Waals surface area contributed by atoms with Crippen molar-refractivity contribution in [2.24, 2.45) is 23.3 Å². The molecule has 4 amide bonds. The van der Waals surface area contributed by atoms with Gasteiger partial charge < -0.3 is 32.5 Å². The summed E-state index contributed by atoms with van der Waals surface area (Å²) in [5.74, 6) is -3.64. The Morgan fingerprint density at radius 3 is 1.81 bits per heavy atom. The van der Waals surface area contributed by atoms with Crippen LogP contribution in [0.25, 0.3) is 0 Å². The van der Waals surface area contributed by atoms with E-state index in [2.05, 4.69) is 16.0 Å². The molecule has 0 aliphatic rings. The minimum Gasteiger partial charge on any atom is -0.480 e. The molecule has 4 atom stereocenters. The summed E-state index contributed by atoms with van der Waals surface area (Å²) in [6.45, 7) is 7.48. The summed E-state index contributed by atoms with van der Waals surface area (Å²) >= 11 is 0. The predicted molar refractivity (Wildman–Crippen MR) is 139 cm³/mol. The number of hydrogen-bond acceptors (Lipinski definition) is 6. The van der Waals surface area contributed by atoms with Crippen LogP contribution in [0.15, 0.2) is 30.3 Å². The predicted octanol–water partition coefficient (Wildman–Crippen LogP) is 0.453.